The molecule has 0 unspecified atom stereocenters. The molecule has 0 atom stereocenters. The van der Waals surface area contributed by atoms with Crippen LogP contribution in [-0.2, 0) is 0 Å². The number of hydrogen-bond acceptors (Lipinski definition) is 2. The first-order valence-electron chi connectivity index (χ1n) is 7.71. The Morgan fingerprint density at radius 2 is 1.86 bits per heavy atom. The number of nitrogens with zero attached hydrogens (tertiary/aromatic N) is 2. The standard InChI is InChI=1S/C18H22N2O/c1-21-18-9-7-16(8-10-18)19-13-15-11-12-20(14-15)17-5-3-2-4-6-17/h7-14,17H,2-6H2,1H3. The molecular formula is C18H22N2O. The zero-order valence-electron chi connectivity index (χ0n) is 12.5. The monoisotopic (exact) mass is 282 g/mol. The van der Waals surface area contributed by atoms with Crippen molar-refractivity contribution in [3.63, 3.8) is 0 Å². The molecule has 2 aromatic rings. The molecule has 1 aromatic heterocycles. The third-order valence-corrected chi connectivity index (χ3v) is 4.17. The Hall–Kier alpha value is -2.03. The van der Waals surface area contributed by atoms with Gasteiger partial charge >= 0.3 is 0 Å². The Kier molecular flexibility index (Phi) is 4.39. The zero-order chi connectivity index (χ0) is 14.5. The highest BCUT2D eigenvalue weighted by Crippen LogP contribution is 2.28. The van der Waals surface area contributed by atoms with E-state index in [1.54, 1.807) is 7.11 Å². The Morgan fingerprint density at radius 1 is 1.10 bits per heavy atom. The van der Waals surface area contributed by atoms with Crippen molar-refractivity contribution in [3.05, 3.63) is 48.3 Å². The molecule has 110 valence electrons. The molecule has 1 heterocycles. The lowest BCUT2D eigenvalue weighted by atomic mass is 9.95. The molecule has 0 spiro atoms. The van der Waals surface area contributed by atoms with Crippen LogP contribution in [0.25, 0.3) is 0 Å². The molecule has 1 saturated carbocycles. The molecule has 1 aliphatic rings. The van der Waals surface area contributed by atoms with Gasteiger partial charge in [-0.1, -0.05) is 19.3 Å². The third-order valence-electron chi connectivity index (χ3n) is 4.17. The summed E-state index contributed by atoms with van der Waals surface area (Å²) in [5.41, 5.74) is 2.11. The molecule has 0 aliphatic heterocycles. The van der Waals surface area contributed by atoms with Crippen LogP contribution >= 0.6 is 0 Å². The fourth-order valence-corrected chi connectivity index (χ4v) is 2.93. The lowest BCUT2D eigenvalue weighted by molar-refractivity contribution is 0.354. The van der Waals surface area contributed by atoms with Crippen LogP contribution in [0.3, 0.4) is 0 Å². The van der Waals surface area contributed by atoms with Gasteiger partial charge in [-0.15, -0.1) is 0 Å². The van der Waals surface area contributed by atoms with Crippen molar-refractivity contribution in [1.82, 2.24) is 4.57 Å². The average molecular weight is 282 g/mol. The minimum absolute atomic E-state index is 0.682. The lowest BCUT2D eigenvalue weighted by Crippen LogP contribution is -2.10. The van der Waals surface area contributed by atoms with E-state index in [0.29, 0.717) is 6.04 Å². The Labute approximate surface area is 126 Å². The highest BCUT2D eigenvalue weighted by atomic mass is 16.5. The van der Waals surface area contributed by atoms with Crippen molar-refractivity contribution in [2.45, 2.75) is 38.1 Å². The fourth-order valence-electron chi connectivity index (χ4n) is 2.93. The second-order valence-corrected chi connectivity index (χ2v) is 5.64. The molecule has 0 N–H and O–H groups in total. The van der Waals surface area contributed by atoms with Gasteiger partial charge < -0.3 is 9.30 Å². The van der Waals surface area contributed by atoms with Gasteiger partial charge in [0.1, 0.15) is 5.75 Å². The van der Waals surface area contributed by atoms with E-state index in [9.17, 15) is 0 Å². The molecule has 0 saturated heterocycles. The topological polar surface area (TPSA) is 26.5 Å². The Morgan fingerprint density at radius 3 is 2.57 bits per heavy atom. The van der Waals surface area contributed by atoms with E-state index < -0.39 is 0 Å². The second kappa shape index (κ2) is 6.61. The summed E-state index contributed by atoms with van der Waals surface area (Å²) in [4.78, 5) is 4.52. The molecule has 3 nitrogen and oxygen atoms in total. The number of aliphatic imine (C=N–C) groups is 1. The summed E-state index contributed by atoms with van der Waals surface area (Å²) in [5, 5.41) is 0. The largest absolute Gasteiger partial charge is 0.497 e. The molecule has 21 heavy (non-hydrogen) atoms. The molecule has 1 aliphatic carbocycles. The summed E-state index contributed by atoms with van der Waals surface area (Å²) in [7, 11) is 1.67. The number of methoxy groups -OCH3 is 1. The van der Waals surface area contributed by atoms with Crippen molar-refractivity contribution < 1.29 is 4.74 Å². The van der Waals surface area contributed by atoms with E-state index >= 15 is 0 Å². The molecule has 0 radical (unpaired) electrons. The second-order valence-electron chi connectivity index (χ2n) is 5.64. The lowest BCUT2D eigenvalue weighted by Gasteiger charge is -2.23. The predicted molar refractivity (Wildman–Crippen MR) is 86.8 cm³/mol. The minimum atomic E-state index is 0.682. The van der Waals surface area contributed by atoms with Crippen LogP contribution in [0.5, 0.6) is 5.75 Å². The van der Waals surface area contributed by atoms with E-state index in [1.807, 2.05) is 30.5 Å². The van der Waals surface area contributed by atoms with Gasteiger partial charge in [-0.2, -0.15) is 0 Å². The van der Waals surface area contributed by atoms with Gasteiger partial charge in [-0.05, 0) is 43.2 Å². The van der Waals surface area contributed by atoms with Gasteiger partial charge in [0.2, 0.25) is 0 Å². The Bertz CT molecular complexity index is 592. The predicted octanol–water partition coefficient (Wildman–Crippen LogP) is 4.75. The summed E-state index contributed by atoms with van der Waals surface area (Å²) in [6, 6.07) is 10.6. The molecular weight excluding hydrogens is 260 g/mol. The van der Waals surface area contributed by atoms with Crippen LogP contribution in [0.15, 0.2) is 47.7 Å². The third kappa shape index (κ3) is 3.54. The van der Waals surface area contributed by atoms with Gasteiger partial charge in [0.25, 0.3) is 0 Å². The molecule has 1 aromatic carbocycles. The number of benzene rings is 1. The number of rotatable bonds is 4. The molecule has 3 rings (SSSR count). The zero-order valence-corrected chi connectivity index (χ0v) is 12.5. The van der Waals surface area contributed by atoms with Gasteiger partial charge in [0, 0.05) is 30.2 Å². The first-order valence-corrected chi connectivity index (χ1v) is 7.71. The Balaban J connectivity index is 1.66. The first kappa shape index (κ1) is 13.9. The highest BCUT2D eigenvalue weighted by molar-refractivity contribution is 5.81. The molecule has 1 fully saturated rings. The van der Waals surface area contributed by atoms with Crippen LogP contribution in [0.4, 0.5) is 5.69 Å². The number of ether oxygens (including phenoxy) is 1. The van der Waals surface area contributed by atoms with Gasteiger partial charge in [0.15, 0.2) is 0 Å². The van der Waals surface area contributed by atoms with Gasteiger partial charge in [-0.3, -0.25) is 4.99 Å². The van der Waals surface area contributed by atoms with Crippen LogP contribution in [0.2, 0.25) is 0 Å². The minimum Gasteiger partial charge on any atom is -0.497 e. The van der Waals surface area contributed by atoms with Crippen molar-refractivity contribution in [1.29, 1.82) is 0 Å². The SMILES string of the molecule is COc1ccc(N=Cc2ccn(C3CCCCC3)c2)cc1. The molecule has 3 heteroatoms. The van der Waals surface area contributed by atoms with Crippen molar-refractivity contribution >= 4 is 11.9 Å². The van der Waals surface area contributed by atoms with E-state index in [0.717, 1.165) is 17.0 Å². The maximum absolute atomic E-state index is 5.15. The summed E-state index contributed by atoms with van der Waals surface area (Å²) < 4.78 is 7.50. The quantitative estimate of drug-likeness (QED) is 0.743. The van der Waals surface area contributed by atoms with Crippen LogP contribution in [-0.4, -0.2) is 17.9 Å². The van der Waals surface area contributed by atoms with Crippen LogP contribution in [0, 0.1) is 0 Å². The van der Waals surface area contributed by atoms with Crippen molar-refractivity contribution in [2.24, 2.45) is 4.99 Å². The van der Waals surface area contributed by atoms with Gasteiger partial charge in [0.05, 0.1) is 12.8 Å². The molecule has 0 amide bonds. The normalized spacial score (nSPS) is 16.4. The highest BCUT2D eigenvalue weighted by Gasteiger charge is 2.14. The summed E-state index contributed by atoms with van der Waals surface area (Å²) in [6.45, 7) is 0. The van der Waals surface area contributed by atoms with Crippen LogP contribution < -0.4 is 4.74 Å². The smallest absolute Gasteiger partial charge is 0.119 e. The van der Waals surface area contributed by atoms with Crippen molar-refractivity contribution in [2.75, 3.05) is 7.11 Å². The average Bonchev–Trinajstić information content (AvgIpc) is 3.03. The molecule has 0 bridgehead atoms. The first-order chi connectivity index (χ1) is 10.3. The van der Waals surface area contributed by atoms with E-state index in [1.165, 1.54) is 32.1 Å². The maximum Gasteiger partial charge on any atom is 0.119 e. The van der Waals surface area contributed by atoms with E-state index in [4.69, 9.17) is 4.74 Å². The number of hydrogen-bond donors (Lipinski definition) is 0. The van der Waals surface area contributed by atoms with E-state index in [2.05, 4.69) is 28.0 Å². The number of aromatic nitrogens is 1. The maximum atomic E-state index is 5.15. The summed E-state index contributed by atoms with van der Waals surface area (Å²) in [5.74, 6) is 0.859. The summed E-state index contributed by atoms with van der Waals surface area (Å²) in [6.07, 6.45) is 13.1. The van der Waals surface area contributed by atoms with Crippen molar-refractivity contribution in [3.8, 4) is 5.75 Å². The van der Waals surface area contributed by atoms with E-state index in [-0.39, 0.29) is 0 Å². The summed E-state index contributed by atoms with van der Waals surface area (Å²) >= 11 is 0. The van der Waals surface area contributed by atoms with Crippen LogP contribution in [0.1, 0.15) is 43.7 Å². The van der Waals surface area contributed by atoms with Gasteiger partial charge in [-0.25, -0.2) is 0 Å². The fraction of sp³-hybridized carbons (Fsp3) is 0.389.